The van der Waals surface area contributed by atoms with Crippen molar-refractivity contribution in [3.63, 3.8) is 0 Å². The molecule has 0 fully saturated rings. The number of carbonyl (C=O) groups is 2. The molecule has 0 spiro atoms. The van der Waals surface area contributed by atoms with Crippen molar-refractivity contribution in [3.8, 4) is 0 Å². The highest BCUT2D eigenvalue weighted by Crippen LogP contribution is 2.38. The number of amides is 2. The number of hydrogen-bond donors (Lipinski definition) is 1. The largest absolute Gasteiger partial charge is 0.442 e. The summed E-state index contributed by atoms with van der Waals surface area (Å²) in [4.78, 5) is 32.8. The van der Waals surface area contributed by atoms with Crippen LogP contribution in [0.4, 0.5) is 13.2 Å². The Kier molecular flexibility index (Phi) is 4.69. The molecule has 2 heterocycles. The molecule has 6 nitrogen and oxygen atoms in total. The van der Waals surface area contributed by atoms with Gasteiger partial charge in [-0.15, -0.1) is 0 Å². The van der Waals surface area contributed by atoms with E-state index in [1.807, 2.05) is 0 Å². The zero-order valence-corrected chi connectivity index (χ0v) is 14.2. The lowest BCUT2D eigenvalue weighted by atomic mass is 10.1. The maximum atomic E-state index is 13.8. The van der Waals surface area contributed by atoms with Crippen LogP contribution in [0.1, 0.15) is 18.1 Å². The molecule has 1 aliphatic heterocycles. The van der Waals surface area contributed by atoms with Crippen LogP contribution in [0.3, 0.4) is 0 Å². The highest BCUT2D eigenvalue weighted by molar-refractivity contribution is 6.16. The molecule has 0 saturated heterocycles. The molecule has 1 aromatic heterocycles. The fourth-order valence-corrected chi connectivity index (χ4v) is 2.78. The molecule has 0 bridgehead atoms. The Morgan fingerprint density at radius 3 is 2.33 bits per heavy atom. The van der Waals surface area contributed by atoms with Crippen molar-refractivity contribution in [2.45, 2.75) is 25.3 Å². The minimum atomic E-state index is -5.11. The predicted molar refractivity (Wildman–Crippen MR) is 90.4 cm³/mol. The fourth-order valence-electron chi connectivity index (χ4n) is 2.78. The first-order valence-corrected chi connectivity index (χ1v) is 7.96. The van der Waals surface area contributed by atoms with Gasteiger partial charge in [0.25, 0.3) is 5.91 Å². The van der Waals surface area contributed by atoms with Gasteiger partial charge in [0.15, 0.2) is 0 Å². The summed E-state index contributed by atoms with van der Waals surface area (Å²) >= 11 is 0. The minimum Gasteiger partial charge on any atom is -0.317 e. The first-order valence-electron chi connectivity index (χ1n) is 7.96. The van der Waals surface area contributed by atoms with Crippen LogP contribution in [0.5, 0.6) is 0 Å². The number of halogens is 3. The zero-order valence-electron chi connectivity index (χ0n) is 14.2. The molecule has 0 unspecified atom stereocenters. The number of hydrogen-bond acceptors (Lipinski definition) is 4. The highest BCUT2D eigenvalue weighted by atomic mass is 19.4. The standard InChI is InChI=1S/C18H15F3N4O2/c1-12(26)23-17(18(19,20)21)16(27)25(11-13-7-9-22-10-8-13)15(24-17)14-5-3-2-4-6-14/h2-10H,11H2,1H3,(H,23,26)/t17-/m0/s1. The third-order valence-electron chi connectivity index (χ3n) is 3.97. The average Bonchev–Trinajstić information content (AvgIpc) is 2.90. The van der Waals surface area contributed by atoms with Crippen molar-refractivity contribution in [2.75, 3.05) is 0 Å². The number of rotatable bonds is 4. The average molecular weight is 376 g/mol. The first-order chi connectivity index (χ1) is 12.7. The van der Waals surface area contributed by atoms with Crippen LogP contribution >= 0.6 is 0 Å². The van der Waals surface area contributed by atoms with Crippen molar-refractivity contribution < 1.29 is 22.8 Å². The van der Waals surface area contributed by atoms with Gasteiger partial charge in [-0.05, 0) is 17.7 Å². The van der Waals surface area contributed by atoms with Gasteiger partial charge in [0, 0.05) is 24.9 Å². The van der Waals surface area contributed by atoms with Gasteiger partial charge in [-0.25, -0.2) is 4.99 Å². The monoisotopic (exact) mass is 376 g/mol. The molecule has 0 radical (unpaired) electrons. The van der Waals surface area contributed by atoms with Gasteiger partial charge in [0.1, 0.15) is 5.84 Å². The summed E-state index contributed by atoms with van der Waals surface area (Å²) in [6.45, 7) is 0.760. The van der Waals surface area contributed by atoms with Crippen molar-refractivity contribution in [2.24, 2.45) is 4.99 Å². The number of aromatic nitrogens is 1. The Labute approximate surface area is 152 Å². The molecule has 9 heteroatoms. The number of amidine groups is 1. The normalized spacial score (nSPS) is 19.8. The molecule has 2 aromatic rings. The zero-order chi connectivity index (χ0) is 19.7. The second-order valence-electron chi connectivity index (χ2n) is 5.94. The van der Waals surface area contributed by atoms with Crippen LogP contribution in [0.25, 0.3) is 0 Å². The molecular weight excluding hydrogens is 361 g/mol. The van der Waals surface area contributed by atoms with E-state index in [2.05, 4.69) is 9.98 Å². The summed E-state index contributed by atoms with van der Waals surface area (Å²) in [5, 5.41) is 1.71. The van der Waals surface area contributed by atoms with Gasteiger partial charge >= 0.3 is 11.8 Å². The summed E-state index contributed by atoms with van der Waals surface area (Å²) in [5.74, 6) is -2.54. The van der Waals surface area contributed by atoms with Crippen LogP contribution in [0.2, 0.25) is 0 Å². The van der Waals surface area contributed by atoms with E-state index >= 15 is 0 Å². The molecule has 1 aliphatic rings. The summed E-state index contributed by atoms with van der Waals surface area (Å²) in [6, 6.07) is 11.2. The summed E-state index contributed by atoms with van der Waals surface area (Å²) in [6.07, 6.45) is -2.16. The molecule has 1 N–H and O–H groups in total. The summed E-state index contributed by atoms with van der Waals surface area (Å²) in [7, 11) is 0. The maximum absolute atomic E-state index is 13.8. The van der Waals surface area contributed by atoms with Gasteiger partial charge in [0.2, 0.25) is 5.91 Å². The molecule has 0 aliphatic carbocycles. The van der Waals surface area contributed by atoms with Crippen molar-refractivity contribution >= 4 is 17.6 Å². The molecule has 27 heavy (non-hydrogen) atoms. The number of nitrogens with zero attached hydrogens (tertiary/aromatic N) is 3. The fraction of sp³-hybridized carbons (Fsp3) is 0.222. The van der Waals surface area contributed by atoms with Crippen molar-refractivity contribution in [1.82, 2.24) is 15.2 Å². The quantitative estimate of drug-likeness (QED) is 0.890. The number of carbonyl (C=O) groups excluding carboxylic acids is 2. The number of nitrogens with one attached hydrogen (secondary N) is 1. The smallest absolute Gasteiger partial charge is 0.317 e. The number of alkyl halides is 3. The van der Waals surface area contributed by atoms with Crippen LogP contribution in [-0.2, 0) is 16.1 Å². The van der Waals surface area contributed by atoms with Gasteiger partial charge in [-0.2, -0.15) is 13.2 Å². The van der Waals surface area contributed by atoms with Crippen LogP contribution in [0.15, 0.2) is 59.9 Å². The van der Waals surface area contributed by atoms with E-state index in [1.54, 1.807) is 47.8 Å². The molecule has 1 atom stereocenters. The number of benzene rings is 1. The second kappa shape index (κ2) is 6.82. The summed E-state index contributed by atoms with van der Waals surface area (Å²) < 4.78 is 41.5. The van der Waals surface area contributed by atoms with Crippen LogP contribution in [0, 0.1) is 0 Å². The maximum Gasteiger partial charge on any atom is 0.442 e. The molecule has 140 valence electrons. The lowest BCUT2D eigenvalue weighted by Crippen LogP contribution is -2.62. The van der Waals surface area contributed by atoms with E-state index < -0.39 is 23.7 Å². The van der Waals surface area contributed by atoms with Gasteiger partial charge < -0.3 is 5.32 Å². The second-order valence-corrected chi connectivity index (χ2v) is 5.94. The van der Waals surface area contributed by atoms with E-state index in [0.717, 1.165) is 11.8 Å². The Bertz CT molecular complexity index is 884. The molecular formula is C18H15F3N4O2. The SMILES string of the molecule is CC(=O)N[C@]1(C(F)(F)F)N=C(c2ccccc2)N(Cc2ccncc2)C1=O. The van der Waals surface area contributed by atoms with E-state index in [4.69, 9.17) is 0 Å². The van der Waals surface area contributed by atoms with Crippen LogP contribution in [-0.4, -0.2) is 39.4 Å². The molecule has 0 saturated carbocycles. The van der Waals surface area contributed by atoms with Gasteiger partial charge in [-0.3, -0.25) is 19.5 Å². The van der Waals surface area contributed by atoms with Crippen molar-refractivity contribution in [3.05, 3.63) is 66.0 Å². The van der Waals surface area contributed by atoms with E-state index in [9.17, 15) is 22.8 Å². The lowest BCUT2D eigenvalue weighted by Gasteiger charge is -2.28. The molecule has 3 rings (SSSR count). The van der Waals surface area contributed by atoms with Crippen LogP contribution < -0.4 is 5.32 Å². The Balaban J connectivity index is 2.13. The Hall–Kier alpha value is -3.23. The lowest BCUT2D eigenvalue weighted by molar-refractivity contribution is -0.200. The first kappa shape index (κ1) is 18.6. The number of pyridine rings is 1. The van der Waals surface area contributed by atoms with Gasteiger partial charge in [-0.1, -0.05) is 30.3 Å². The Morgan fingerprint density at radius 2 is 1.78 bits per heavy atom. The third-order valence-corrected chi connectivity index (χ3v) is 3.97. The topological polar surface area (TPSA) is 74.7 Å². The highest BCUT2D eigenvalue weighted by Gasteiger charge is 2.66. The molecule has 1 aromatic carbocycles. The Morgan fingerprint density at radius 1 is 1.15 bits per heavy atom. The van der Waals surface area contributed by atoms with Crippen molar-refractivity contribution in [1.29, 1.82) is 0 Å². The predicted octanol–water partition coefficient (Wildman–Crippen LogP) is 2.27. The van der Waals surface area contributed by atoms with Gasteiger partial charge in [0.05, 0.1) is 6.54 Å². The minimum absolute atomic E-state index is 0.146. The van der Waals surface area contributed by atoms with E-state index in [1.165, 1.54) is 12.4 Å². The number of aliphatic imine (C=N–C) groups is 1. The summed E-state index contributed by atoms with van der Waals surface area (Å²) in [5.41, 5.74) is -2.45. The van der Waals surface area contributed by atoms with E-state index in [0.29, 0.717) is 11.1 Å². The molecule has 2 amide bonds. The third kappa shape index (κ3) is 3.40. The van der Waals surface area contributed by atoms with E-state index in [-0.39, 0.29) is 12.4 Å².